The highest BCUT2D eigenvalue weighted by Gasteiger charge is 2.24. The van der Waals surface area contributed by atoms with Gasteiger partial charge in [0.15, 0.2) is 0 Å². The number of rotatable bonds is 4. The Morgan fingerprint density at radius 1 is 1.21 bits per heavy atom. The van der Waals surface area contributed by atoms with Crippen LogP contribution in [0.15, 0.2) is 23.0 Å². The molecule has 2 aromatic heterocycles. The van der Waals surface area contributed by atoms with Gasteiger partial charge in [0, 0.05) is 43.6 Å². The van der Waals surface area contributed by atoms with Gasteiger partial charge in [-0.05, 0) is 45.2 Å². The Morgan fingerprint density at radius 3 is 2.67 bits per heavy atom. The van der Waals surface area contributed by atoms with Gasteiger partial charge in [-0.1, -0.05) is 0 Å². The number of aryl methyl sites for hydroxylation is 3. The standard InChI is InChI=1S/C17H24N6O/c1-12-10-13(2)20-17(19-12)18-11-14-6-4-5-9-23(14)15-7-8-16(24)22(3)21-15/h7-8,10,14H,4-6,9,11H2,1-3H3,(H,18,19,20). The minimum atomic E-state index is -0.0888. The summed E-state index contributed by atoms with van der Waals surface area (Å²) in [6.07, 6.45) is 3.42. The number of nitrogens with zero attached hydrogens (tertiary/aromatic N) is 5. The lowest BCUT2D eigenvalue weighted by Crippen LogP contribution is -2.45. The van der Waals surface area contributed by atoms with E-state index in [0.29, 0.717) is 12.0 Å². The lowest BCUT2D eigenvalue weighted by molar-refractivity contribution is 0.464. The van der Waals surface area contributed by atoms with E-state index < -0.39 is 0 Å². The predicted octanol–water partition coefficient (Wildman–Crippen LogP) is 1.66. The molecule has 0 aromatic carbocycles. The molecule has 7 nitrogen and oxygen atoms in total. The van der Waals surface area contributed by atoms with Gasteiger partial charge in [-0.2, -0.15) is 5.10 Å². The van der Waals surface area contributed by atoms with Crippen LogP contribution in [0.1, 0.15) is 30.7 Å². The van der Waals surface area contributed by atoms with Gasteiger partial charge >= 0.3 is 0 Å². The van der Waals surface area contributed by atoms with Crippen molar-refractivity contribution >= 4 is 11.8 Å². The molecule has 1 atom stereocenters. The van der Waals surface area contributed by atoms with Crippen LogP contribution < -0.4 is 15.8 Å². The summed E-state index contributed by atoms with van der Waals surface area (Å²) in [4.78, 5) is 22.7. The van der Waals surface area contributed by atoms with E-state index in [2.05, 4.69) is 25.3 Å². The van der Waals surface area contributed by atoms with Crippen molar-refractivity contribution in [3.05, 3.63) is 39.9 Å². The summed E-state index contributed by atoms with van der Waals surface area (Å²) in [5.41, 5.74) is 1.84. The summed E-state index contributed by atoms with van der Waals surface area (Å²) < 4.78 is 1.39. The number of piperidine rings is 1. The Morgan fingerprint density at radius 2 is 1.96 bits per heavy atom. The largest absolute Gasteiger partial charge is 0.352 e. The zero-order valence-corrected chi connectivity index (χ0v) is 14.5. The average Bonchev–Trinajstić information content (AvgIpc) is 2.55. The SMILES string of the molecule is Cc1cc(C)nc(NCC2CCCCN2c2ccc(=O)n(C)n2)n1. The molecule has 1 aliphatic rings. The molecule has 3 rings (SSSR count). The first-order valence-corrected chi connectivity index (χ1v) is 8.40. The zero-order chi connectivity index (χ0) is 17.1. The highest BCUT2D eigenvalue weighted by Crippen LogP contribution is 2.22. The summed E-state index contributed by atoms with van der Waals surface area (Å²) in [6, 6.07) is 5.67. The molecule has 1 aliphatic heterocycles. The average molecular weight is 328 g/mol. The van der Waals surface area contributed by atoms with E-state index >= 15 is 0 Å². The van der Waals surface area contributed by atoms with Crippen LogP contribution in [-0.2, 0) is 7.05 Å². The Hall–Kier alpha value is -2.44. The van der Waals surface area contributed by atoms with Gasteiger partial charge in [-0.3, -0.25) is 4.79 Å². The van der Waals surface area contributed by atoms with E-state index in [1.165, 1.54) is 11.1 Å². The second-order valence-corrected chi connectivity index (χ2v) is 6.35. The van der Waals surface area contributed by atoms with Crippen LogP contribution in [-0.4, -0.2) is 38.9 Å². The fourth-order valence-electron chi connectivity index (χ4n) is 3.17. The highest BCUT2D eigenvalue weighted by atomic mass is 16.1. The lowest BCUT2D eigenvalue weighted by atomic mass is 10.0. The van der Waals surface area contributed by atoms with Crippen molar-refractivity contribution in [2.75, 3.05) is 23.3 Å². The smallest absolute Gasteiger partial charge is 0.266 e. The summed E-state index contributed by atoms with van der Waals surface area (Å²) in [6.45, 7) is 5.65. The first-order valence-electron chi connectivity index (χ1n) is 8.40. The monoisotopic (exact) mass is 328 g/mol. The maximum absolute atomic E-state index is 11.6. The van der Waals surface area contributed by atoms with Gasteiger partial charge in [0.05, 0.1) is 0 Å². The highest BCUT2D eigenvalue weighted by molar-refractivity contribution is 5.40. The minimum absolute atomic E-state index is 0.0888. The maximum Gasteiger partial charge on any atom is 0.266 e. The molecule has 0 aliphatic carbocycles. The molecule has 7 heteroatoms. The van der Waals surface area contributed by atoms with Gasteiger partial charge in [-0.25, -0.2) is 14.6 Å². The number of hydrogen-bond donors (Lipinski definition) is 1. The molecule has 1 unspecified atom stereocenters. The van der Waals surface area contributed by atoms with Crippen molar-refractivity contribution in [3.63, 3.8) is 0 Å². The Kier molecular flexibility index (Phi) is 4.78. The maximum atomic E-state index is 11.6. The number of nitrogens with one attached hydrogen (secondary N) is 1. The van der Waals surface area contributed by atoms with Crippen molar-refractivity contribution in [2.45, 2.75) is 39.2 Å². The second kappa shape index (κ2) is 6.98. The van der Waals surface area contributed by atoms with Crippen LogP contribution >= 0.6 is 0 Å². The molecular formula is C17H24N6O. The Balaban J connectivity index is 1.74. The molecule has 128 valence electrons. The molecular weight excluding hydrogens is 304 g/mol. The molecule has 0 spiro atoms. The third-order valence-corrected chi connectivity index (χ3v) is 4.35. The normalized spacial score (nSPS) is 17.8. The first-order chi connectivity index (χ1) is 11.5. The van der Waals surface area contributed by atoms with E-state index in [9.17, 15) is 4.79 Å². The van der Waals surface area contributed by atoms with Crippen molar-refractivity contribution in [1.82, 2.24) is 19.7 Å². The van der Waals surface area contributed by atoms with Crippen LogP contribution in [0.4, 0.5) is 11.8 Å². The van der Waals surface area contributed by atoms with Gasteiger partial charge in [0.1, 0.15) is 5.82 Å². The van der Waals surface area contributed by atoms with E-state index in [0.717, 1.165) is 43.1 Å². The van der Waals surface area contributed by atoms with Crippen LogP contribution in [0.5, 0.6) is 0 Å². The summed E-state index contributed by atoms with van der Waals surface area (Å²) in [5.74, 6) is 1.52. The molecule has 3 heterocycles. The van der Waals surface area contributed by atoms with Crippen LogP contribution in [0.25, 0.3) is 0 Å². The molecule has 0 amide bonds. The van der Waals surface area contributed by atoms with Gasteiger partial charge in [0.2, 0.25) is 5.95 Å². The first kappa shape index (κ1) is 16.4. The topological polar surface area (TPSA) is 75.9 Å². The molecule has 1 fully saturated rings. The van der Waals surface area contributed by atoms with Crippen molar-refractivity contribution in [1.29, 1.82) is 0 Å². The third-order valence-electron chi connectivity index (χ3n) is 4.35. The number of aromatic nitrogens is 4. The quantitative estimate of drug-likeness (QED) is 0.920. The van der Waals surface area contributed by atoms with E-state index in [1.807, 2.05) is 26.0 Å². The fraction of sp³-hybridized carbons (Fsp3) is 0.529. The Bertz CT molecular complexity index is 752. The van der Waals surface area contributed by atoms with E-state index in [4.69, 9.17) is 0 Å². The van der Waals surface area contributed by atoms with E-state index in [1.54, 1.807) is 13.1 Å². The zero-order valence-electron chi connectivity index (χ0n) is 14.5. The molecule has 0 saturated carbocycles. The molecule has 1 saturated heterocycles. The predicted molar refractivity (Wildman–Crippen MR) is 94.5 cm³/mol. The number of anilines is 2. The number of hydrogen-bond acceptors (Lipinski definition) is 6. The summed E-state index contributed by atoms with van der Waals surface area (Å²) >= 11 is 0. The molecule has 1 N–H and O–H groups in total. The molecule has 0 bridgehead atoms. The fourth-order valence-corrected chi connectivity index (χ4v) is 3.17. The van der Waals surface area contributed by atoms with E-state index in [-0.39, 0.29) is 5.56 Å². The van der Waals surface area contributed by atoms with Crippen molar-refractivity contribution in [3.8, 4) is 0 Å². The van der Waals surface area contributed by atoms with Crippen LogP contribution in [0.3, 0.4) is 0 Å². The summed E-state index contributed by atoms with van der Waals surface area (Å²) in [5, 5.41) is 7.76. The molecule has 2 aromatic rings. The molecule has 24 heavy (non-hydrogen) atoms. The van der Waals surface area contributed by atoms with Gasteiger partial charge in [0.25, 0.3) is 5.56 Å². The lowest BCUT2D eigenvalue weighted by Gasteiger charge is -2.36. The van der Waals surface area contributed by atoms with Gasteiger partial charge in [-0.15, -0.1) is 0 Å². The second-order valence-electron chi connectivity index (χ2n) is 6.35. The summed E-state index contributed by atoms with van der Waals surface area (Å²) in [7, 11) is 1.69. The minimum Gasteiger partial charge on any atom is -0.352 e. The Labute approximate surface area is 141 Å². The van der Waals surface area contributed by atoms with Crippen LogP contribution in [0, 0.1) is 13.8 Å². The van der Waals surface area contributed by atoms with Crippen molar-refractivity contribution in [2.24, 2.45) is 7.05 Å². The van der Waals surface area contributed by atoms with Gasteiger partial charge < -0.3 is 10.2 Å². The van der Waals surface area contributed by atoms with Crippen LogP contribution in [0.2, 0.25) is 0 Å². The van der Waals surface area contributed by atoms with Crippen molar-refractivity contribution < 1.29 is 0 Å². The molecule has 0 radical (unpaired) electrons. The third kappa shape index (κ3) is 3.72.